The van der Waals surface area contributed by atoms with E-state index in [2.05, 4.69) is 84.1 Å². The zero-order valence-electron chi connectivity index (χ0n) is 19.6. The van der Waals surface area contributed by atoms with Gasteiger partial charge >= 0.3 is 5.97 Å². The van der Waals surface area contributed by atoms with Crippen LogP contribution in [-0.4, -0.2) is 26.0 Å². The van der Waals surface area contributed by atoms with Crippen LogP contribution in [0.15, 0.2) is 9.66 Å². The molecular formula is C22H43IO3Si. The first-order chi connectivity index (χ1) is 12.1. The van der Waals surface area contributed by atoms with Crippen molar-refractivity contribution in [1.82, 2.24) is 0 Å². The molecule has 0 fully saturated rings. The average molecular weight is 511 g/mol. The molecule has 0 radical (unpaired) electrons. The highest BCUT2D eigenvalue weighted by atomic mass is 127. The van der Waals surface area contributed by atoms with E-state index >= 15 is 0 Å². The quantitative estimate of drug-likeness (QED) is 0.183. The van der Waals surface area contributed by atoms with Gasteiger partial charge in [0.25, 0.3) is 0 Å². The van der Waals surface area contributed by atoms with Gasteiger partial charge in [-0.15, -0.1) is 0 Å². The topological polar surface area (TPSA) is 35.5 Å². The van der Waals surface area contributed by atoms with Gasteiger partial charge in [-0.1, -0.05) is 54.5 Å². The van der Waals surface area contributed by atoms with Gasteiger partial charge in [-0.05, 0) is 77.4 Å². The minimum Gasteiger partial charge on any atom is -0.460 e. The van der Waals surface area contributed by atoms with Crippen molar-refractivity contribution in [2.45, 2.75) is 111 Å². The van der Waals surface area contributed by atoms with Crippen LogP contribution in [0, 0.1) is 11.8 Å². The summed E-state index contributed by atoms with van der Waals surface area (Å²) in [6.07, 6.45) is 2.04. The van der Waals surface area contributed by atoms with Crippen molar-refractivity contribution < 1.29 is 14.0 Å². The van der Waals surface area contributed by atoms with Crippen molar-refractivity contribution in [2.24, 2.45) is 11.8 Å². The van der Waals surface area contributed by atoms with Crippen molar-refractivity contribution in [2.75, 3.05) is 0 Å². The highest BCUT2D eigenvalue weighted by Crippen LogP contribution is 2.45. The third-order valence-corrected chi connectivity index (χ3v) is 11.8. The number of allylic oxidation sites excluding steroid dienone is 1. The first-order valence-electron chi connectivity index (χ1n) is 10.3. The number of rotatable bonds is 9. The summed E-state index contributed by atoms with van der Waals surface area (Å²) in [6.45, 7) is 25.7. The number of ether oxygens (including phenoxy) is 1. The van der Waals surface area contributed by atoms with E-state index in [0.717, 1.165) is 0 Å². The summed E-state index contributed by atoms with van der Waals surface area (Å²) in [4.78, 5) is 12.9. The second-order valence-electron chi connectivity index (χ2n) is 9.83. The normalized spacial score (nSPS) is 17.4. The van der Waals surface area contributed by atoms with E-state index in [-0.39, 0.29) is 23.9 Å². The minimum absolute atomic E-state index is 0.146. The Hall–Kier alpha value is 0.117. The van der Waals surface area contributed by atoms with Crippen LogP contribution in [0.25, 0.3) is 0 Å². The maximum Gasteiger partial charge on any atom is 0.311 e. The van der Waals surface area contributed by atoms with E-state index in [9.17, 15) is 4.79 Å². The summed E-state index contributed by atoms with van der Waals surface area (Å²) in [5.74, 6) is -0.333. The second-order valence-corrected chi connectivity index (χ2v) is 16.9. The fraction of sp³-hybridized carbons (Fsp3) is 0.864. The van der Waals surface area contributed by atoms with Gasteiger partial charge in [0, 0.05) is 5.92 Å². The lowest BCUT2D eigenvalue weighted by Crippen LogP contribution is -2.53. The van der Waals surface area contributed by atoms with Gasteiger partial charge in [-0.3, -0.25) is 4.79 Å². The van der Waals surface area contributed by atoms with Crippen LogP contribution in [0.5, 0.6) is 0 Å². The number of carbonyl (C=O) groups excluding carboxylic acids is 1. The van der Waals surface area contributed by atoms with Crippen LogP contribution in [0.3, 0.4) is 0 Å². The molecule has 0 aromatic heterocycles. The molecule has 0 spiro atoms. The molecule has 0 aliphatic rings. The Balaban J connectivity index is 6.05. The van der Waals surface area contributed by atoms with Crippen LogP contribution in [-0.2, 0) is 14.0 Å². The Morgan fingerprint density at radius 2 is 1.33 bits per heavy atom. The van der Waals surface area contributed by atoms with Crippen LogP contribution >= 0.6 is 22.6 Å². The molecule has 0 N–H and O–H groups in total. The molecule has 0 saturated heterocycles. The molecule has 0 aliphatic heterocycles. The first-order valence-corrected chi connectivity index (χ1v) is 13.5. The Morgan fingerprint density at radius 3 is 1.63 bits per heavy atom. The van der Waals surface area contributed by atoms with E-state index < -0.39 is 13.9 Å². The molecule has 0 rings (SSSR count). The summed E-state index contributed by atoms with van der Waals surface area (Å²) in [5, 5.41) is 0. The molecule has 0 heterocycles. The van der Waals surface area contributed by atoms with Gasteiger partial charge in [-0.2, -0.15) is 0 Å². The number of esters is 1. The zero-order valence-corrected chi connectivity index (χ0v) is 22.8. The van der Waals surface area contributed by atoms with Crippen LogP contribution < -0.4 is 0 Å². The molecule has 0 aliphatic carbocycles. The maximum absolute atomic E-state index is 12.9. The van der Waals surface area contributed by atoms with E-state index in [1.807, 2.05) is 27.7 Å². The van der Waals surface area contributed by atoms with Crippen LogP contribution in [0.4, 0.5) is 0 Å². The molecule has 5 heteroatoms. The molecular weight excluding hydrogens is 467 g/mol. The van der Waals surface area contributed by atoms with Gasteiger partial charge in [-0.25, -0.2) is 0 Å². The maximum atomic E-state index is 12.9. The summed E-state index contributed by atoms with van der Waals surface area (Å²) in [7, 11) is -2.11. The van der Waals surface area contributed by atoms with Crippen molar-refractivity contribution in [3.8, 4) is 0 Å². The molecule has 0 bridgehead atoms. The predicted octanol–water partition coefficient (Wildman–Crippen LogP) is 7.50. The van der Waals surface area contributed by atoms with Crippen molar-refractivity contribution in [3.63, 3.8) is 0 Å². The van der Waals surface area contributed by atoms with E-state index in [1.165, 1.54) is 3.58 Å². The lowest BCUT2D eigenvalue weighted by atomic mass is 9.93. The Kier molecular flexibility index (Phi) is 10.8. The highest BCUT2D eigenvalue weighted by Gasteiger charge is 2.48. The van der Waals surface area contributed by atoms with Crippen molar-refractivity contribution in [1.29, 1.82) is 0 Å². The molecule has 0 aromatic carbocycles. The second kappa shape index (κ2) is 10.8. The van der Waals surface area contributed by atoms with Gasteiger partial charge < -0.3 is 9.16 Å². The standard InChI is InChI=1S/C22H43IO3Si/c1-14(2)27(15(3)4,16(5)6)26-20(17(7)13-18(8)23)19(9)21(24)25-22(10,11)12/h13-17,19-20H,1-12H3/b18-13-/t17-,19+,20+/m0/s1. The number of hydrogen-bond acceptors (Lipinski definition) is 3. The summed E-state index contributed by atoms with van der Waals surface area (Å²) < 4.78 is 14.0. The lowest BCUT2D eigenvalue weighted by molar-refractivity contribution is -0.163. The molecule has 27 heavy (non-hydrogen) atoms. The smallest absolute Gasteiger partial charge is 0.311 e. The van der Waals surface area contributed by atoms with Gasteiger partial charge in [0.05, 0.1) is 12.0 Å². The Labute approximate surface area is 183 Å². The largest absolute Gasteiger partial charge is 0.460 e. The highest BCUT2D eigenvalue weighted by molar-refractivity contribution is 14.1. The van der Waals surface area contributed by atoms with E-state index in [1.54, 1.807) is 0 Å². The summed E-state index contributed by atoms with van der Waals surface area (Å²) in [6, 6.07) is 0. The fourth-order valence-corrected chi connectivity index (χ4v) is 10.6. The monoisotopic (exact) mass is 510 g/mol. The molecule has 0 unspecified atom stereocenters. The molecule has 160 valence electrons. The number of halogens is 1. The van der Waals surface area contributed by atoms with Gasteiger partial charge in [0.15, 0.2) is 0 Å². The lowest BCUT2D eigenvalue weighted by Gasteiger charge is -2.46. The molecule has 0 saturated carbocycles. The third kappa shape index (κ3) is 7.80. The molecule has 3 nitrogen and oxygen atoms in total. The minimum atomic E-state index is -2.11. The van der Waals surface area contributed by atoms with Crippen molar-refractivity contribution >= 4 is 36.9 Å². The predicted molar refractivity (Wildman–Crippen MR) is 128 cm³/mol. The third-order valence-electron chi connectivity index (χ3n) is 5.33. The number of carbonyl (C=O) groups is 1. The van der Waals surface area contributed by atoms with E-state index in [4.69, 9.17) is 9.16 Å². The van der Waals surface area contributed by atoms with Crippen LogP contribution in [0.1, 0.15) is 83.1 Å². The van der Waals surface area contributed by atoms with Gasteiger partial charge in [0.2, 0.25) is 8.32 Å². The summed E-state index contributed by atoms with van der Waals surface area (Å²) in [5.41, 5.74) is 0.935. The summed E-state index contributed by atoms with van der Waals surface area (Å²) >= 11 is 2.33. The molecule has 0 aromatic rings. The fourth-order valence-electron chi connectivity index (χ4n) is 4.29. The first kappa shape index (κ1) is 27.1. The van der Waals surface area contributed by atoms with Crippen LogP contribution in [0.2, 0.25) is 16.6 Å². The number of hydrogen-bond donors (Lipinski definition) is 0. The Bertz CT molecular complexity index is 480. The van der Waals surface area contributed by atoms with Gasteiger partial charge in [0.1, 0.15) is 5.60 Å². The molecule has 3 atom stereocenters. The zero-order chi connectivity index (χ0) is 21.7. The molecule has 0 amide bonds. The SMILES string of the molecule is C/C(I)=C/[C@H](C)[C@@H](O[Si](C(C)C)(C(C)C)C(C)C)[C@@H](C)C(=O)OC(C)(C)C. The average Bonchev–Trinajstić information content (AvgIpc) is 2.43. The van der Waals surface area contributed by atoms with Crippen molar-refractivity contribution in [3.05, 3.63) is 9.66 Å². The Morgan fingerprint density at radius 1 is 0.926 bits per heavy atom. The van der Waals surface area contributed by atoms with E-state index in [0.29, 0.717) is 16.6 Å².